The van der Waals surface area contributed by atoms with Gasteiger partial charge in [0, 0.05) is 17.3 Å². The Hall–Kier alpha value is -2.64. The largest absolute Gasteiger partial charge is 0.458 e. The fraction of sp³-hybridized carbons (Fsp3) is 0.167. The summed E-state index contributed by atoms with van der Waals surface area (Å²) in [5.74, 6) is 0.942. The first-order valence-electron chi connectivity index (χ1n) is 7.83. The van der Waals surface area contributed by atoms with Crippen molar-refractivity contribution in [2.75, 3.05) is 5.32 Å². The van der Waals surface area contributed by atoms with Crippen molar-refractivity contribution < 1.29 is 14.0 Å². The van der Waals surface area contributed by atoms with Crippen LogP contribution in [0.1, 0.15) is 18.2 Å². The Morgan fingerprint density at radius 2 is 1.96 bits per heavy atom. The van der Waals surface area contributed by atoms with E-state index in [4.69, 9.17) is 16.0 Å². The Morgan fingerprint density at radius 3 is 2.69 bits per heavy atom. The van der Waals surface area contributed by atoms with Crippen LogP contribution in [0.4, 0.5) is 5.13 Å². The van der Waals surface area contributed by atoms with Crippen LogP contribution >= 0.6 is 22.9 Å². The van der Waals surface area contributed by atoms with Crippen LogP contribution in [0.15, 0.2) is 46.2 Å². The van der Waals surface area contributed by atoms with Crippen molar-refractivity contribution in [1.82, 2.24) is 10.3 Å². The van der Waals surface area contributed by atoms with E-state index in [0.29, 0.717) is 33.9 Å². The molecule has 0 radical (unpaired) electrons. The maximum atomic E-state index is 12.1. The van der Waals surface area contributed by atoms with Gasteiger partial charge in [0.15, 0.2) is 10.9 Å². The SMILES string of the molecule is CC(=O)NCc1ccc(-c2csc(NC(=O)Cc3ccc(Cl)cc3)n2)o1. The Bertz CT molecular complexity index is 918. The Kier molecular flexibility index (Phi) is 5.70. The molecule has 6 nitrogen and oxygen atoms in total. The van der Waals surface area contributed by atoms with Crippen LogP contribution in [-0.4, -0.2) is 16.8 Å². The van der Waals surface area contributed by atoms with E-state index < -0.39 is 0 Å². The van der Waals surface area contributed by atoms with Crippen LogP contribution in [0.5, 0.6) is 0 Å². The van der Waals surface area contributed by atoms with Crippen molar-refractivity contribution in [1.29, 1.82) is 0 Å². The van der Waals surface area contributed by atoms with E-state index in [2.05, 4.69) is 15.6 Å². The summed E-state index contributed by atoms with van der Waals surface area (Å²) in [6, 6.07) is 10.7. The molecule has 0 aliphatic rings. The zero-order valence-electron chi connectivity index (χ0n) is 13.9. The minimum Gasteiger partial charge on any atom is -0.458 e. The van der Waals surface area contributed by atoms with Gasteiger partial charge in [-0.05, 0) is 29.8 Å². The summed E-state index contributed by atoms with van der Waals surface area (Å²) in [5, 5.41) is 8.39. The third-order valence-corrected chi connectivity index (χ3v) is 4.46. The molecule has 0 aliphatic carbocycles. The highest BCUT2D eigenvalue weighted by Crippen LogP contribution is 2.26. The van der Waals surface area contributed by atoms with Gasteiger partial charge in [0.25, 0.3) is 0 Å². The van der Waals surface area contributed by atoms with Crippen molar-refractivity contribution in [3.05, 3.63) is 58.1 Å². The molecule has 0 spiro atoms. The van der Waals surface area contributed by atoms with E-state index in [0.717, 1.165) is 5.56 Å². The Labute approximate surface area is 159 Å². The van der Waals surface area contributed by atoms with E-state index in [9.17, 15) is 9.59 Å². The lowest BCUT2D eigenvalue weighted by Crippen LogP contribution is -2.18. The molecule has 2 aromatic heterocycles. The van der Waals surface area contributed by atoms with Gasteiger partial charge in [-0.25, -0.2) is 4.98 Å². The summed E-state index contributed by atoms with van der Waals surface area (Å²) in [7, 11) is 0. The zero-order valence-corrected chi connectivity index (χ0v) is 15.5. The second kappa shape index (κ2) is 8.16. The first-order valence-corrected chi connectivity index (χ1v) is 9.09. The standard InChI is InChI=1S/C18H16ClN3O3S/c1-11(23)20-9-14-6-7-16(25-14)15-10-26-18(21-15)22-17(24)8-12-2-4-13(19)5-3-12/h2-7,10H,8-9H2,1H3,(H,20,23)(H,21,22,24). The summed E-state index contributed by atoms with van der Waals surface area (Å²) in [6.07, 6.45) is 0.244. The van der Waals surface area contributed by atoms with Gasteiger partial charge in [0.05, 0.1) is 13.0 Å². The fourth-order valence-corrected chi connectivity index (χ4v) is 3.06. The number of carbonyl (C=O) groups excluding carboxylic acids is 2. The lowest BCUT2D eigenvalue weighted by atomic mass is 10.1. The number of rotatable bonds is 6. The van der Waals surface area contributed by atoms with Gasteiger partial charge in [0.2, 0.25) is 11.8 Å². The maximum Gasteiger partial charge on any atom is 0.230 e. The van der Waals surface area contributed by atoms with Crippen LogP contribution in [-0.2, 0) is 22.6 Å². The molecule has 0 bridgehead atoms. The number of halogens is 1. The van der Waals surface area contributed by atoms with Crippen LogP contribution in [0.25, 0.3) is 11.5 Å². The minimum absolute atomic E-state index is 0.123. The molecule has 134 valence electrons. The predicted molar refractivity (Wildman–Crippen MR) is 101 cm³/mol. The van der Waals surface area contributed by atoms with Crippen LogP contribution in [0.3, 0.4) is 0 Å². The molecular weight excluding hydrogens is 374 g/mol. The van der Waals surface area contributed by atoms with E-state index in [1.54, 1.807) is 29.6 Å². The number of furan rings is 1. The third-order valence-electron chi connectivity index (χ3n) is 3.45. The molecule has 2 amide bonds. The zero-order chi connectivity index (χ0) is 18.5. The highest BCUT2D eigenvalue weighted by Gasteiger charge is 2.12. The molecule has 0 unspecified atom stereocenters. The van der Waals surface area contributed by atoms with Crippen molar-refractivity contribution >= 4 is 39.9 Å². The number of hydrogen-bond donors (Lipinski definition) is 2. The smallest absolute Gasteiger partial charge is 0.230 e. The number of thiazole rings is 1. The number of nitrogens with zero attached hydrogens (tertiary/aromatic N) is 1. The molecule has 0 saturated heterocycles. The number of anilines is 1. The van der Waals surface area contributed by atoms with Crippen LogP contribution < -0.4 is 10.6 Å². The summed E-state index contributed by atoms with van der Waals surface area (Å²) in [6.45, 7) is 1.77. The first-order chi connectivity index (χ1) is 12.5. The van der Waals surface area contributed by atoms with Gasteiger partial charge in [-0.2, -0.15) is 0 Å². The van der Waals surface area contributed by atoms with Crippen LogP contribution in [0, 0.1) is 0 Å². The molecule has 2 heterocycles. The Morgan fingerprint density at radius 1 is 1.19 bits per heavy atom. The Balaban J connectivity index is 1.59. The third kappa shape index (κ3) is 4.93. The molecule has 8 heteroatoms. The molecule has 2 N–H and O–H groups in total. The number of hydrogen-bond acceptors (Lipinski definition) is 5. The van der Waals surface area contributed by atoms with Gasteiger partial charge in [-0.1, -0.05) is 23.7 Å². The summed E-state index contributed by atoms with van der Waals surface area (Å²) < 4.78 is 5.65. The molecule has 0 fully saturated rings. The number of benzene rings is 1. The lowest BCUT2D eigenvalue weighted by Gasteiger charge is -2.02. The number of nitrogens with one attached hydrogen (secondary N) is 2. The summed E-state index contributed by atoms with van der Waals surface area (Å²) in [4.78, 5) is 27.4. The minimum atomic E-state index is -0.154. The molecule has 0 atom stereocenters. The summed E-state index contributed by atoms with van der Waals surface area (Å²) in [5.41, 5.74) is 1.50. The predicted octanol–water partition coefficient (Wildman–Crippen LogP) is 3.87. The maximum absolute atomic E-state index is 12.1. The molecule has 3 rings (SSSR count). The average molecular weight is 390 g/mol. The average Bonchev–Trinajstić information content (AvgIpc) is 3.24. The van der Waals surface area contributed by atoms with E-state index >= 15 is 0 Å². The lowest BCUT2D eigenvalue weighted by molar-refractivity contribution is -0.119. The fourth-order valence-electron chi connectivity index (χ4n) is 2.22. The topological polar surface area (TPSA) is 84.2 Å². The molecule has 3 aromatic rings. The molecule has 1 aromatic carbocycles. The van der Waals surface area contributed by atoms with Gasteiger partial charge in [-0.15, -0.1) is 11.3 Å². The number of aromatic nitrogens is 1. The van der Waals surface area contributed by atoms with Crippen molar-refractivity contribution in [3.8, 4) is 11.5 Å². The second-order valence-electron chi connectivity index (χ2n) is 5.57. The quantitative estimate of drug-likeness (QED) is 0.670. The van der Waals surface area contributed by atoms with Crippen molar-refractivity contribution in [2.24, 2.45) is 0 Å². The van der Waals surface area contributed by atoms with Gasteiger partial charge < -0.3 is 15.1 Å². The molecule has 26 heavy (non-hydrogen) atoms. The summed E-state index contributed by atoms with van der Waals surface area (Å²) >= 11 is 7.16. The van der Waals surface area contributed by atoms with Crippen molar-refractivity contribution in [3.63, 3.8) is 0 Å². The molecule has 0 saturated carbocycles. The monoisotopic (exact) mass is 389 g/mol. The van der Waals surface area contributed by atoms with Gasteiger partial charge in [0.1, 0.15) is 11.5 Å². The van der Waals surface area contributed by atoms with E-state index in [1.807, 2.05) is 12.1 Å². The first kappa shape index (κ1) is 18.2. The highest BCUT2D eigenvalue weighted by molar-refractivity contribution is 7.14. The number of amides is 2. The number of carbonyl (C=O) groups is 2. The van der Waals surface area contributed by atoms with Gasteiger partial charge in [-0.3, -0.25) is 9.59 Å². The highest BCUT2D eigenvalue weighted by atomic mass is 35.5. The molecular formula is C18H16ClN3O3S. The normalized spacial score (nSPS) is 10.5. The second-order valence-corrected chi connectivity index (χ2v) is 6.86. The molecule has 0 aliphatic heterocycles. The van der Waals surface area contributed by atoms with Crippen molar-refractivity contribution in [2.45, 2.75) is 19.9 Å². The van der Waals surface area contributed by atoms with E-state index in [-0.39, 0.29) is 18.2 Å². The van der Waals surface area contributed by atoms with Gasteiger partial charge >= 0.3 is 0 Å². The van der Waals surface area contributed by atoms with Crippen LogP contribution in [0.2, 0.25) is 5.02 Å². The van der Waals surface area contributed by atoms with E-state index in [1.165, 1.54) is 18.3 Å².